The van der Waals surface area contributed by atoms with Crippen LogP contribution in [0.2, 0.25) is 0 Å². The summed E-state index contributed by atoms with van der Waals surface area (Å²) in [7, 11) is -0.934. The van der Waals surface area contributed by atoms with Gasteiger partial charge in [0.05, 0.1) is 24.6 Å². The smallest absolute Gasteiger partial charge is 0.0842 e. The second-order valence-corrected chi connectivity index (χ2v) is 15.3. The topological polar surface area (TPSA) is 0 Å². The van der Waals surface area contributed by atoms with Crippen molar-refractivity contribution < 1.29 is 24.0 Å². The lowest BCUT2D eigenvalue weighted by atomic mass is 10.1. The molecule has 0 saturated heterocycles. The van der Waals surface area contributed by atoms with E-state index in [-0.39, 0.29) is 24.0 Å². The Balaban J connectivity index is 0.0000116. The fourth-order valence-electron chi connectivity index (χ4n) is 5.40. The summed E-state index contributed by atoms with van der Waals surface area (Å²) < 4.78 is 0. The summed E-state index contributed by atoms with van der Waals surface area (Å²) in [4.78, 5) is 0. The molecule has 0 atom stereocenters. The Hall–Kier alpha value is 0.120. The minimum Gasteiger partial charge on any atom is -1.00 e. The van der Waals surface area contributed by atoms with Crippen LogP contribution in [0.3, 0.4) is 0 Å². The van der Waals surface area contributed by atoms with Crippen molar-refractivity contribution in [3.8, 4) is 0 Å². The average Bonchev–Trinajstić information content (AvgIpc) is 2.86. The van der Waals surface area contributed by atoms with Crippen LogP contribution in [0.15, 0.2) is 30.8 Å². The number of hydrogen-bond acceptors (Lipinski definition) is 0. The van der Waals surface area contributed by atoms with E-state index in [1.54, 1.807) is 24.0 Å². The molecule has 204 valence electrons. The number of unbranched alkanes of at least 4 members (excludes halogenated alkanes) is 15. The van der Waals surface area contributed by atoms with Crippen LogP contribution in [0.4, 0.5) is 0 Å². The van der Waals surface area contributed by atoms with Crippen LogP contribution in [0.5, 0.6) is 0 Å². The summed E-state index contributed by atoms with van der Waals surface area (Å²) >= 11 is 0. The van der Waals surface area contributed by atoms with Gasteiger partial charge in [0.2, 0.25) is 0 Å². The van der Waals surface area contributed by atoms with E-state index in [0.717, 1.165) is 0 Å². The van der Waals surface area contributed by atoms with Crippen LogP contribution in [0.25, 0.3) is 6.08 Å². The van der Waals surface area contributed by atoms with E-state index in [2.05, 4.69) is 51.6 Å². The number of rotatable bonds is 24. The highest BCUT2D eigenvalue weighted by atomic mass is 127. The van der Waals surface area contributed by atoms with Gasteiger partial charge in [-0.3, -0.25) is 0 Å². The molecule has 0 bridgehead atoms. The lowest BCUT2D eigenvalue weighted by molar-refractivity contribution is -0.00000753. The maximum absolute atomic E-state index is 3.96. The molecule has 1 aromatic carbocycles. The third kappa shape index (κ3) is 18.1. The van der Waals surface area contributed by atoms with Crippen molar-refractivity contribution in [2.45, 2.75) is 143 Å². The van der Waals surface area contributed by atoms with Gasteiger partial charge in [-0.05, 0) is 49.7 Å². The first-order valence-electron chi connectivity index (χ1n) is 15.3. The summed E-state index contributed by atoms with van der Waals surface area (Å²) in [5.74, 6) is 0. The number of halogens is 1. The van der Waals surface area contributed by atoms with Crippen molar-refractivity contribution in [3.63, 3.8) is 0 Å². The molecule has 0 fully saturated rings. The predicted molar refractivity (Wildman–Crippen MR) is 162 cm³/mol. The zero-order chi connectivity index (χ0) is 24.7. The minimum absolute atomic E-state index is 0. The van der Waals surface area contributed by atoms with Crippen LogP contribution in [-0.2, 0) is 6.16 Å². The van der Waals surface area contributed by atoms with Gasteiger partial charge in [0.1, 0.15) is 0 Å². The Bertz CT molecular complexity index is 538. The van der Waals surface area contributed by atoms with Gasteiger partial charge in [0.15, 0.2) is 0 Å². The lowest BCUT2D eigenvalue weighted by Crippen LogP contribution is -3.00. The van der Waals surface area contributed by atoms with Crippen molar-refractivity contribution in [3.05, 3.63) is 42.0 Å². The normalized spacial score (nSPS) is 11.4. The molecule has 1 rings (SSSR count). The summed E-state index contributed by atoms with van der Waals surface area (Å²) in [6.45, 7) is 10.9. The molecule has 0 radical (unpaired) electrons. The molecule has 35 heavy (non-hydrogen) atoms. The molecule has 1 aromatic rings. The van der Waals surface area contributed by atoms with Crippen LogP contribution >= 0.6 is 7.26 Å². The SMILES string of the molecule is C=Cc1ccc(C[P+](CCCCCCCC)(CCCCCCCC)CCCCCCCC)cc1.[I-]. The van der Waals surface area contributed by atoms with Gasteiger partial charge in [0.25, 0.3) is 0 Å². The summed E-state index contributed by atoms with van der Waals surface area (Å²) in [5, 5.41) is 0. The molecular formula is C33H60IP. The van der Waals surface area contributed by atoms with Gasteiger partial charge in [-0.15, -0.1) is 0 Å². The summed E-state index contributed by atoms with van der Waals surface area (Å²) in [5.41, 5.74) is 2.86. The first-order valence-corrected chi connectivity index (χ1v) is 17.8. The Morgan fingerprint density at radius 1 is 0.543 bits per heavy atom. The van der Waals surface area contributed by atoms with Crippen molar-refractivity contribution >= 4 is 13.3 Å². The lowest BCUT2D eigenvalue weighted by Gasteiger charge is -2.29. The number of benzene rings is 1. The second-order valence-electron chi connectivity index (χ2n) is 10.9. The largest absolute Gasteiger partial charge is 1.00 e. The fourth-order valence-corrected chi connectivity index (χ4v) is 10.2. The van der Waals surface area contributed by atoms with E-state index < -0.39 is 7.26 Å². The minimum atomic E-state index is -0.934. The monoisotopic (exact) mass is 614 g/mol. The molecule has 0 heterocycles. The molecule has 0 saturated carbocycles. The average molecular weight is 615 g/mol. The summed E-state index contributed by atoms with van der Waals surface area (Å²) in [6.07, 6.45) is 33.9. The zero-order valence-corrected chi connectivity index (χ0v) is 27.0. The van der Waals surface area contributed by atoms with Crippen LogP contribution in [0, 0.1) is 0 Å². The molecule has 0 N–H and O–H groups in total. The zero-order valence-electron chi connectivity index (χ0n) is 24.0. The van der Waals surface area contributed by atoms with E-state index >= 15 is 0 Å². The second kappa shape index (κ2) is 24.5. The highest BCUT2D eigenvalue weighted by molar-refractivity contribution is 7.75. The standard InChI is InChI=1S/C33H60P.HI/c1-5-9-12-15-18-21-28-34(29-22-19-16-13-10-6-2,30-23-20-17-14-11-7-3)31-33-26-24-32(8-4)25-27-33;/h8,24-27H,4-7,9-23,28-31H2,1-3H3;1H/q+1;/p-1. The third-order valence-corrected chi connectivity index (χ3v) is 12.5. The van der Waals surface area contributed by atoms with Crippen molar-refractivity contribution in [1.29, 1.82) is 0 Å². The van der Waals surface area contributed by atoms with Gasteiger partial charge >= 0.3 is 0 Å². The molecule has 0 aromatic heterocycles. The molecule has 0 unspecified atom stereocenters. The van der Waals surface area contributed by atoms with Crippen molar-refractivity contribution in [2.24, 2.45) is 0 Å². The van der Waals surface area contributed by atoms with Gasteiger partial charge < -0.3 is 24.0 Å². The fraction of sp³-hybridized carbons (Fsp3) is 0.758. The van der Waals surface area contributed by atoms with E-state index in [1.807, 2.05) is 6.08 Å². The van der Waals surface area contributed by atoms with Crippen LogP contribution in [0.1, 0.15) is 147 Å². The molecule has 0 spiro atoms. The molecule has 2 heteroatoms. The highest BCUT2D eigenvalue weighted by Crippen LogP contribution is 2.63. The van der Waals surface area contributed by atoms with Gasteiger partial charge in [0, 0.05) is 7.26 Å². The van der Waals surface area contributed by atoms with Gasteiger partial charge in [-0.1, -0.05) is 135 Å². The first kappa shape index (κ1) is 35.1. The van der Waals surface area contributed by atoms with E-state index in [4.69, 9.17) is 0 Å². The van der Waals surface area contributed by atoms with Crippen molar-refractivity contribution in [1.82, 2.24) is 0 Å². The molecule has 0 nitrogen and oxygen atoms in total. The van der Waals surface area contributed by atoms with E-state index in [0.29, 0.717) is 0 Å². The van der Waals surface area contributed by atoms with Crippen molar-refractivity contribution in [2.75, 3.05) is 18.5 Å². The molecule has 0 aliphatic carbocycles. The molecule has 0 aliphatic heterocycles. The highest BCUT2D eigenvalue weighted by Gasteiger charge is 2.35. The van der Waals surface area contributed by atoms with Crippen LogP contribution in [-0.4, -0.2) is 18.5 Å². The third-order valence-electron chi connectivity index (χ3n) is 7.69. The Kier molecular flexibility index (Phi) is 24.5. The Morgan fingerprint density at radius 2 is 0.886 bits per heavy atom. The van der Waals surface area contributed by atoms with Gasteiger partial charge in [-0.2, -0.15) is 0 Å². The first-order chi connectivity index (χ1) is 16.7. The molecule has 0 aliphatic rings. The maximum Gasteiger partial charge on any atom is 0.0842 e. The Labute approximate surface area is 239 Å². The maximum atomic E-state index is 3.96. The van der Waals surface area contributed by atoms with Gasteiger partial charge in [-0.25, -0.2) is 0 Å². The molecule has 0 amide bonds. The number of hydrogen-bond donors (Lipinski definition) is 0. The Morgan fingerprint density at radius 3 is 1.23 bits per heavy atom. The molecular weight excluding hydrogens is 554 g/mol. The van der Waals surface area contributed by atoms with Crippen LogP contribution < -0.4 is 24.0 Å². The van der Waals surface area contributed by atoms with E-state index in [9.17, 15) is 0 Å². The quantitative estimate of drug-likeness (QED) is 0.0620. The van der Waals surface area contributed by atoms with E-state index in [1.165, 1.54) is 127 Å². The summed E-state index contributed by atoms with van der Waals surface area (Å²) in [6, 6.07) is 9.40. The predicted octanol–water partition coefficient (Wildman–Crippen LogP) is 8.93.